The summed E-state index contributed by atoms with van der Waals surface area (Å²) < 4.78 is 2.33. The quantitative estimate of drug-likeness (QED) is 0.427. The molecule has 1 unspecified atom stereocenters. The van der Waals surface area contributed by atoms with Gasteiger partial charge in [0.15, 0.2) is 0 Å². The minimum atomic E-state index is -0.564. The Bertz CT molecular complexity index is 821. The molecule has 0 aliphatic carbocycles. The molecule has 1 aromatic heterocycles. The van der Waals surface area contributed by atoms with E-state index in [4.69, 9.17) is 12.2 Å². The Morgan fingerprint density at radius 1 is 1.10 bits per heavy atom. The van der Waals surface area contributed by atoms with Gasteiger partial charge in [-0.05, 0) is 0 Å². The third-order valence-corrected chi connectivity index (χ3v) is 5.54. The number of hydrogen-bond donors (Lipinski definition) is 1. The molecule has 2 aromatic carbocycles. The summed E-state index contributed by atoms with van der Waals surface area (Å²) in [4.78, 5) is 8.72. The van der Waals surface area contributed by atoms with Gasteiger partial charge in [0.25, 0.3) is 0 Å². The summed E-state index contributed by atoms with van der Waals surface area (Å²) in [5, 5.41) is 1.04. The van der Waals surface area contributed by atoms with Crippen LogP contribution in [0.25, 0.3) is 10.9 Å². The van der Waals surface area contributed by atoms with Crippen molar-refractivity contribution in [3.05, 3.63) is 54.4 Å². The number of hydrogen-bond acceptors (Lipinski definition) is 3. The van der Waals surface area contributed by atoms with Crippen LogP contribution in [0.5, 0.6) is 0 Å². The van der Waals surface area contributed by atoms with Crippen molar-refractivity contribution in [3.63, 3.8) is 0 Å². The molecule has 2 N–H and O–H groups in total. The number of benzene rings is 2. The zero-order chi connectivity index (χ0) is 13.9. The van der Waals surface area contributed by atoms with Gasteiger partial charge in [-0.2, -0.15) is 0 Å². The van der Waals surface area contributed by atoms with Gasteiger partial charge in [0.05, 0.1) is 0 Å². The number of nitrogens with zero attached hydrogens (tertiary/aromatic N) is 2. The van der Waals surface area contributed by atoms with Crippen LogP contribution >= 0.6 is 0 Å². The van der Waals surface area contributed by atoms with E-state index in [9.17, 15) is 0 Å². The third kappa shape index (κ3) is 2.52. The van der Waals surface area contributed by atoms with Gasteiger partial charge in [0, 0.05) is 0 Å². The first-order chi connectivity index (χ1) is 9.76. The van der Waals surface area contributed by atoms with Crippen LogP contribution in [0.4, 0.5) is 5.69 Å². The van der Waals surface area contributed by atoms with Crippen LogP contribution in [0.1, 0.15) is 5.56 Å². The first-order valence-electron chi connectivity index (χ1n) is 6.10. The molecule has 1 heterocycles. The summed E-state index contributed by atoms with van der Waals surface area (Å²) in [5.74, 6) is 2.67. The minimum absolute atomic E-state index is 0.564. The molecular formula is C16H12AsN3. The molecule has 0 radical (unpaired) electrons. The summed E-state index contributed by atoms with van der Waals surface area (Å²) in [6.07, 6.45) is 7.06. The van der Waals surface area contributed by atoms with Crippen LogP contribution in [-0.2, 0) is 0 Å². The molecule has 3 aromatic rings. The van der Waals surface area contributed by atoms with Crippen LogP contribution < -0.4 is 14.6 Å². The van der Waals surface area contributed by atoms with Crippen molar-refractivity contribution in [1.82, 2.24) is 9.97 Å². The molecule has 0 saturated carbocycles. The summed E-state index contributed by atoms with van der Waals surface area (Å²) in [7, 11) is 0. The number of nitrogens with two attached hydrogens (primary N) is 1. The van der Waals surface area contributed by atoms with E-state index in [1.807, 2.05) is 30.3 Å². The van der Waals surface area contributed by atoms with Crippen LogP contribution in [0.15, 0.2) is 48.8 Å². The van der Waals surface area contributed by atoms with E-state index in [-0.39, 0.29) is 0 Å². The number of rotatable bonds is 2. The second kappa shape index (κ2) is 5.36. The summed E-state index contributed by atoms with van der Waals surface area (Å²) >= 11 is -0.564. The molecule has 0 fully saturated rings. The van der Waals surface area contributed by atoms with Crippen molar-refractivity contribution >= 4 is 41.2 Å². The molecule has 0 bridgehead atoms. The average molecular weight is 321 g/mol. The fraction of sp³-hybridized carbons (Fsp3) is 0. The molecule has 4 heteroatoms. The second-order valence-electron chi connectivity index (χ2n) is 4.35. The van der Waals surface area contributed by atoms with Crippen molar-refractivity contribution in [2.75, 3.05) is 5.73 Å². The zero-order valence-electron chi connectivity index (χ0n) is 10.7. The van der Waals surface area contributed by atoms with Gasteiger partial charge in [-0.3, -0.25) is 0 Å². The molecule has 0 spiro atoms. The maximum atomic E-state index is 5.86. The van der Waals surface area contributed by atoms with E-state index in [1.54, 1.807) is 6.33 Å². The Hall–Kier alpha value is -2.30. The normalized spacial score (nSPS) is 10.9. The van der Waals surface area contributed by atoms with Crippen LogP contribution in [0.2, 0.25) is 0 Å². The average Bonchev–Trinajstić information content (AvgIpc) is 2.48. The molecule has 0 aliphatic heterocycles. The topological polar surface area (TPSA) is 51.8 Å². The molecule has 20 heavy (non-hydrogen) atoms. The SMILES string of the molecule is C#Cc1cccc([AsH]c2ncnc3ccc(N)cc23)c1. The monoisotopic (exact) mass is 321 g/mol. The van der Waals surface area contributed by atoms with Crippen molar-refractivity contribution < 1.29 is 0 Å². The molecule has 0 aliphatic rings. The van der Waals surface area contributed by atoms with Gasteiger partial charge >= 0.3 is 124 Å². The van der Waals surface area contributed by atoms with Gasteiger partial charge in [0.1, 0.15) is 0 Å². The predicted molar refractivity (Wildman–Crippen MR) is 84.7 cm³/mol. The van der Waals surface area contributed by atoms with Crippen LogP contribution in [0.3, 0.4) is 0 Å². The molecular weight excluding hydrogens is 309 g/mol. The van der Waals surface area contributed by atoms with E-state index in [2.05, 4.69) is 28.0 Å². The van der Waals surface area contributed by atoms with Crippen molar-refractivity contribution in [1.29, 1.82) is 0 Å². The van der Waals surface area contributed by atoms with Crippen LogP contribution in [-0.4, -0.2) is 25.7 Å². The standard InChI is InChI=1S/C16H12AsN3/c1-2-11-4-3-5-12(8-11)17-16-14-9-13(18)6-7-15(14)19-10-20-16/h1,3-10,17H,18H2. The van der Waals surface area contributed by atoms with Crippen molar-refractivity contribution in [2.24, 2.45) is 0 Å². The summed E-state index contributed by atoms with van der Waals surface area (Å²) in [5.41, 5.74) is 8.44. The Morgan fingerprint density at radius 3 is 2.85 bits per heavy atom. The van der Waals surface area contributed by atoms with Crippen LogP contribution in [0, 0.1) is 12.3 Å². The van der Waals surface area contributed by atoms with Crippen molar-refractivity contribution in [2.45, 2.75) is 0 Å². The number of aromatic nitrogens is 2. The Labute approximate surface area is 123 Å². The van der Waals surface area contributed by atoms with Gasteiger partial charge < -0.3 is 0 Å². The first-order valence-corrected chi connectivity index (χ1v) is 8.20. The molecule has 3 nitrogen and oxygen atoms in total. The van der Waals surface area contributed by atoms with E-state index in [0.717, 1.165) is 26.6 Å². The second-order valence-corrected chi connectivity index (χ2v) is 7.08. The molecule has 96 valence electrons. The van der Waals surface area contributed by atoms with Gasteiger partial charge in [-0.25, -0.2) is 0 Å². The third-order valence-electron chi connectivity index (χ3n) is 2.95. The number of anilines is 1. The van der Waals surface area contributed by atoms with E-state index in [0.29, 0.717) is 0 Å². The molecule has 1 atom stereocenters. The fourth-order valence-electron chi connectivity index (χ4n) is 2.00. The predicted octanol–water partition coefficient (Wildman–Crippen LogP) is 0.581. The molecule has 3 rings (SSSR count). The summed E-state index contributed by atoms with van der Waals surface area (Å²) in [6, 6.07) is 13.8. The maximum absolute atomic E-state index is 5.86. The molecule has 0 saturated heterocycles. The van der Waals surface area contributed by atoms with E-state index >= 15 is 0 Å². The molecule has 0 amide bonds. The Kier molecular flexibility index (Phi) is 3.41. The first kappa shape index (κ1) is 12.7. The van der Waals surface area contributed by atoms with Crippen molar-refractivity contribution in [3.8, 4) is 12.3 Å². The Balaban J connectivity index is 2.06. The zero-order valence-corrected chi connectivity index (χ0v) is 12.8. The number of terminal acetylenes is 1. The van der Waals surface area contributed by atoms with E-state index in [1.165, 1.54) is 4.35 Å². The Morgan fingerprint density at radius 2 is 2.00 bits per heavy atom. The summed E-state index contributed by atoms with van der Waals surface area (Å²) in [6.45, 7) is 0. The number of fused-ring (bicyclic) bond motifs is 1. The van der Waals surface area contributed by atoms with E-state index < -0.39 is 15.8 Å². The number of nitrogen functional groups attached to an aromatic ring is 1. The van der Waals surface area contributed by atoms with Gasteiger partial charge in [-0.1, -0.05) is 0 Å². The van der Waals surface area contributed by atoms with Gasteiger partial charge in [0.2, 0.25) is 0 Å². The fourth-order valence-corrected chi connectivity index (χ4v) is 4.38. The van der Waals surface area contributed by atoms with Gasteiger partial charge in [-0.15, -0.1) is 0 Å².